The zero-order valence-corrected chi connectivity index (χ0v) is 25.1. The lowest BCUT2D eigenvalue weighted by atomic mass is 9.99. The van der Waals surface area contributed by atoms with E-state index in [1.54, 1.807) is 0 Å². The molecule has 0 bridgehead atoms. The van der Waals surface area contributed by atoms with Crippen molar-refractivity contribution in [3.05, 3.63) is 40.6 Å². The highest BCUT2D eigenvalue weighted by Gasteiger charge is 2.36. The predicted octanol–water partition coefficient (Wildman–Crippen LogP) is 3.93. The summed E-state index contributed by atoms with van der Waals surface area (Å²) >= 11 is 3.41. The summed E-state index contributed by atoms with van der Waals surface area (Å²) in [4.78, 5) is 17.7. The van der Waals surface area contributed by atoms with Gasteiger partial charge in [0.25, 0.3) is 0 Å². The largest absolute Gasteiger partial charge is 0.481 e. The van der Waals surface area contributed by atoms with Crippen molar-refractivity contribution in [1.82, 2.24) is 24.8 Å². The van der Waals surface area contributed by atoms with E-state index in [2.05, 4.69) is 49.9 Å². The molecule has 40 heavy (non-hydrogen) atoms. The summed E-state index contributed by atoms with van der Waals surface area (Å²) in [5.74, 6) is 6.88. The van der Waals surface area contributed by atoms with Gasteiger partial charge in [-0.15, -0.1) is 5.10 Å². The van der Waals surface area contributed by atoms with Gasteiger partial charge < -0.3 is 19.1 Å². The van der Waals surface area contributed by atoms with Crippen LogP contribution in [-0.2, 0) is 14.3 Å². The topological polar surface area (TPSA) is 82.0 Å². The van der Waals surface area contributed by atoms with Gasteiger partial charge in [0.15, 0.2) is 5.69 Å². The molecule has 5 atom stereocenters. The summed E-state index contributed by atoms with van der Waals surface area (Å²) in [7, 11) is 0. The number of benzene rings is 1. The molecular formula is C30H40BrN5O4. The fourth-order valence-corrected chi connectivity index (χ4v) is 6.03. The lowest BCUT2D eigenvalue weighted by Crippen LogP contribution is -2.52. The number of hydrogen-bond acceptors (Lipinski definition) is 7. The van der Waals surface area contributed by atoms with E-state index in [1.807, 2.05) is 47.0 Å². The SMILES string of the molecule is C[C@H](C[C@@H]1CC[C@H]([C@@H](C)C(=O)N2CCN(CC3CCCO3)CC2)O1)n1cc(C#CCOc2ccc(Br)cc2)nn1. The average molecular weight is 615 g/mol. The Kier molecular flexibility index (Phi) is 10.1. The number of aromatic nitrogens is 3. The highest BCUT2D eigenvalue weighted by Crippen LogP contribution is 2.31. The molecule has 1 unspecified atom stereocenters. The predicted molar refractivity (Wildman–Crippen MR) is 155 cm³/mol. The fraction of sp³-hybridized carbons (Fsp3) is 0.633. The van der Waals surface area contributed by atoms with Crippen molar-refractivity contribution in [2.45, 2.75) is 70.3 Å². The lowest BCUT2D eigenvalue weighted by molar-refractivity contribution is -0.142. The van der Waals surface area contributed by atoms with Gasteiger partial charge in [0.1, 0.15) is 12.4 Å². The van der Waals surface area contributed by atoms with E-state index in [9.17, 15) is 4.79 Å². The van der Waals surface area contributed by atoms with Gasteiger partial charge in [0.05, 0.1) is 36.5 Å². The Morgan fingerprint density at radius 2 is 1.93 bits per heavy atom. The van der Waals surface area contributed by atoms with Crippen molar-refractivity contribution in [2.75, 3.05) is 45.9 Å². The van der Waals surface area contributed by atoms with E-state index in [4.69, 9.17) is 14.2 Å². The molecule has 3 fully saturated rings. The molecule has 3 aliphatic heterocycles. The molecule has 0 N–H and O–H groups in total. The van der Waals surface area contributed by atoms with Crippen LogP contribution >= 0.6 is 15.9 Å². The van der Waals surface area contributed by atoms with Gasteiger partial charge >= 0.3 is 0 Å². The van der Waals surface area contributed by atoms with Crippen LogP contribution in [0.1, 0.15) is 57.7 Å². The maximum absolute atomic E-state index is 13.2. The highest BCUT2D eigenvalue weighted by molar-refractivity contribution is 9.10. The van der Waals surface area contributed by atoms with Crippen LogP contribution in [0, 0.1) is 17.8 Å². The zero-order chi connectivity index (χ0) is 27.9. The summed E-state index contributed by atoms with van der Waals surface area (Å²) in [5.41, 5.74) is 0.617. The van der Waals surface area contributed by atoms with Crippen molar-refractivity contribution in [3.63, 3.8) is 0 Å². The zero-order valence-electron chi connectivity index (χ0n) is 23.5. The van der Waals surface area contributed by atoms with Gasteiger partial charge in [-0.2, -0.15) is 0 Å². The third kappa shape index (κ3) is 7.84. The van der Waals surface area contributed by atoms with Crippen LogP contribution in [-0.4, -0.2) is 95.0 Å². The van der Waals surface area contributed by atoms with E-state index in [1.165, 1.54) is 6.42 Å². The summed E-state index contributed by atoms with van der Waals surface area (Å²) < 4.78 is 20.7. The van der Waals surface area contributed by atoms with E-state index >= 15 is 0 Å². The molecule has 4 heterocycles. The number of amides is 1. The molecule has 3 aliphatic rings. The van der Waals surface area contributed by atoms with Crippen LogP contribution < -0.4 is 4.74 Å². The van der Waals surface area contributed by atoms with Crippen molar-refractivity contribution < 1.29 is 19.0 Å². The minimum Gasteiger partial charge on any atom is -0.481 e. The Labute approximate surface area is 245 Å². The van der Waals surface area contributed by atoms with Crippen molar-refractivity contribution >= 4 is 21.8 Å². The number of hydrogen-bond donors (Lipinski definition) is 0. The van der Waals surface area contributed by atoms with E-state index < -0.39 is 0 Å². The van der Waals surface area contributed by atoms with Crippen molar-refractivity contribution in [3.8, 4) is 17.6 Å². The van der Waals surface area contributed by atoms with Crippen LogP contribution in [0.3, 0.4) is 0 Å². The second-order valence-electron chi connectivity index (χ2n) is 11.1. The minimum atomic E-state index is -0.127. The van der Waals surface area contributed by atoms with Crippen molar-refractivity contribution in [2.24, 2.45) is 5.92 Å². The average Bonchev–Trinajstić information content (AvgIpc) is 3.75. The van der Waals surface area contributed by atoms with Crippen LogP contribution in [0.25, 0.3) is 0 Å². The third-order valence-electron chi connectivity index (χ3n) is 8.16. The van der Waals surface area contributed by atoms with Gasteiger partial charge in [-0.05, 0) is 69.2 Å². The molecule has 5 rings (SSSR count). The number of piperazine rings is 1. The number of carbonyl (C=O) groups is 1. The summed E-state index contributed by atoms with van der Waals surface area (Å²) in [6, 6.07) is 7.77. The highest BCUT2D eigenvalue weighted by atomic mass is 79.9. The first-order chi connectivity index (χ1) is 19.4. The van der Waals surface area contributed by atoms with Crippen LogP contribution in [0.2, 0.25) is 0 Å². The molecule has 10 heteroatoms. The first kappa shape index (κ1) is 29.1. The molecule has 0 spiro atoms. The summed E-state index contributed by atoms with van der Waals surface area (Å²) in [5, 5.41) is 8.47. The number of rotatable bonds is 9. The normalized spacial score (nSPS) is 24.9. The van der Waals surface area contributed by atoms with Gasteiger partial charge in [-0.1, -0.05) is 34.0 Å². The van der Waals surface area contributed by atoms with E-state index in [0.717, 1.165) is 75.2 Å². The lowest BCUT2D eigenvalue weighted by Gasteiger charge is -2.37. The Morgan fingerprint density at radius 1 is 1.12 bits per heavy atom. The minimum absolute atomic E-state index is 0.0301. The Bertz CT molecular complexity index is 1160. The molecule has 2 aromatic rings. The van der Waals surface area contributed by atoms with E-state index in [0.29, 0.717) is 11.8 Å². The van der Waals surface area contributed by atoms with Crippen LogP contribution in [0.15, 0.2) is 34.9 Å². The number of ether oxygens (including phenoxy) is 3. The number of nitrogens with zero attached hydrogens (tertiary/aromatic N) is 5. The molecule has 3 saturated heterocycles. The van der Waals surface area contributed by atoms with Gasteiger partial charge in [-0.25, -0.2) is 4.68 Å². The first-order valence-corrected chi connectivity index (χ1v) is 15.3. The molecular weight excluding hydrogens is 574 g/mol. The van der Waals surface area contributed by atoms with Crippen LogP contribution in [0.4, 0.5) is 0 Å². The number of carbonyl (C=O) groups excluding carboxylic acids is 1. The maximum atomic E-state index is 13.2. The smallest absolute Gasteiger partial charge is 0.228 e. The van der Waals surface area contributed by atoms with Gasteiger partial charge in [-0.3, -0.25) is 9.69 Å². The summed E-state index contributed by atoms with van der Waals surface area (Å²) in [6.45, 7) is 9.73. The monoisotopic (exact) mass is 613 g/mol. The third-order valence-corrected chi connectivity index (χ3v) is 8.69. The molecule has 0 aliphatic carbocycles. The first-order valence-electron chi connectivity index (χ1n) is 14.5. The molecule has 0 radical (unpaired) electrons. The quantitative estimate of drug-likeness (QED) is 0.396. The fourth-order valence-electron chi connectivity index (χ4n) is 5.76. The summed E-state index contributed by atoms with van der Waals surface area (Å²) in [6.07, 6.45) is 7.33. The molecule has 0 saturated carbocycles. The molecule has 1 aromatic heterocycles. The van der Waals surface area contributed by atoms with E-state index in [-0.39, 0.29) is 36.7 Å². The number of halogens is 1. The molecule has 9 nitrogen and oxygen atoms in total. The standard InChI is InChI=1S/C30H40BrN5O4/c1-22(36-20-25(32-33-36)5-3-17-38-26-9-7-24(31)8-10-26)19-27-11-12-29(40-27)23(2)30(37)35-15-13-34(14-16-35)21-28-6-4-18-39-28/h7-10,20,22-23,27-29H,4,6,11-19,21H2,1-2H3/t22-,23-,27+,28?,29-/m1/s1. The second-order valence-corrected chi connectivity index (χ2v) is 12.1. The molecule has 1 aromatic carbocycles. The Hall–Kier alpha value is -2.45. The maximum Gasteiger partial charge on any atom is 0.228 e. The van der Waals surface area contributed by atoms with Crippen LogP contribution in [0.5, 0.6) is 5.75 Å². The Morgan fingerprint density at radius 3 is 2.67 bits per heavy atom. The van der Waals surface area contributed by atoms with Gasteiger partial charge in [0.2, 0.25) is 5.91 Å². The Balaban J connectivity index is 1.03. The van der Waals surface area contributed by atoms with Crippen molar-refractivity contribution in [1.29, 1.82) is 0 Å². The molecule has 216 valence electrons. The van der Waals surface area contributed by atoms with Gasteiger partial charge in [0, 0.05) is 43.8 Å². The molecule has 1 amide bonds. The second kappa shape index (κ2) is 13.9.